The lowest BCUT2D eigenvalue weighted by Crippen LogP contribution is -2.32. The van der Waals surface area contributed by atoms with Gasteiger partial charge in [-0.1, -0.05) is 52.4 Å². The van der Waals surface area contributed by atoms with Crippen LogP contribution in [0.15, 0.2) is 0 Å². The predicted octanol–water partition coefficient (Wildman–Crippen LogP) is 5.43. The molecule has 0 aliphatic heterocycles. The van der Waals surface area contributed by atoms with Crippen LogP contribution in [0.5, 0.6) is 0 Å². The van der Waals surface area contributed by atoms with Gasteiger partial charge in [0.05, 0.1) is 6.61 Å². The van der Waals surface area contributed by atoms with Crippen molar-refractivity contribution < 1.29 is 9.53 Å². The topological polar surface area (TPSA) is 29.5 Å². The van der Waals surface area contributed by atoms with E-state index in [-0.39, 0.29) is 6.23 Å². The number of unbranched alkanes of at least 4 members (excludes halogenated alkanes) is 6. The van der Waals surface area contributed by atoms with Crippen molar-refractivity contribution in [1.82, 2.24) is 4.90 Å². The second-order valence-electron chi connectivity index (χ2n) is 7.06. The van der Waals surface area contributed by atoms with E-state index in [0.29, 0.717) is 12.3 Å². The Morgan fingerprint density at radius 2 is 1.52 bits per heavy atom. The second-order valence-corrected chi connectivity index (χ2v) is 7.06. The molecule has 0 aromatic heterocycles. The molecule has 0 aromatic carbocycles. The van der Waals surface area contributed by atoms with E-state index < -0.39 is 0 Å². The number of hydrogen-bond acceptors (Lipinski definition) is 3. The van der Waals surface area contributed by atoms with E-state index in [1.54, 1.807) is 0 Å². The Morgan fingerprint density at radius 1 is 0.870 bits per heavy atom. The molecule has 0 saturated carbocycles. The predicted molar refractivity (Wildman–Crippen MR) is 99.7 cm³/mol. The van der Waals surface area contributed by atoms with E-state index in [1.165, 1.54) is 51.4 Å². The number of carbonyl (C=O) groups excluding carboxylic acids is 1. The molecule has 3 heteroatoms. The Balaban J connectivity index is 4.14. The Bertz CT molecular complexity index is 256. The van der Waals surface area contributed by atoms with Crippen molar-refractivity contribution in [1.29, 1.82) is 0 Å². The Hall–Kier alpha value is -0.410. The third-order valence-corrected chi connectivity index (χ3v) is 4.56. The number of aldehydes is 1. The van der Waals surface area contributed by atoms with Crippen molar-refractivity contribution in [3.8, 4) is 0 Å². The molecule has 0 heterocycles. The Morgan fingerprint density at radius 3 is 2.13 bits per heavy atom. The molecule has 0 aromatic rings. The van der Waals surface area contributed by atoms with E-state index in [1.807, 2.05) is 0 Å². The number of rotatable bonds is 17. The third kappa shape index (κ3) is 13.7. The third-order valence-electron chi connectivity index (χ3n) is 4.56. The minimum absolute atomic E-state index is 0.196. The highest BCUT2D eigenvalue weighted by Gasteiger charge is 2.15. The largest absolute Gasteiger partial charge is 0.363 e. The number of ether oxygens (including phenoxy) is 1. The first-order valence-electron chi connectivity index (χ1n) is 9.87. The highest BCUT2D eigenvalue weighted by Crippen LogP contribution is 2.19. The summed E-state index contributed by atoms with van der Waals surface area (Å²) in [5.74, 6) is 0.712. The van der Waals surface area contributed by atoms with Crippen molar-refractivity contribution in [2.75, 3.05) is 20.7 Å². The van der Waals surface area contributed by atoms with Gasteiger partial charge in [-0.25, -0.2) is 0 Å². The Labute approximate surface area is 145 Å². The molecule has 0 rings (SSSR count). The molecule has 138 valence electrons. The number of nitrogens with zero attached hydrogens (tertiary/aromatic N) is 1. The van der Waals surface area contributed by atoms with E-state index in [9.17, 15) is 4.79 Å². The van der Waals surface area contributed by atoms with Gasteiger partial charge in [0.15, 0.2) is 0 Å². The van der Waals surface area contributed by atoms with Crippen LogP contribution in [0.4, 0.5) is 0 Å². The van der Waals surface area contributed by atoms with Gasteiger partial charge in [0, 0.05) is 6.42 Å². The molecule has 0 saturated heterocycles. The van der Waals surface area contributed by atoms with Crippen LogP contribution < -0.4 is 0 Å². The SMILES string of the molecule is CCCCCCC(CCCC)COC(CCCCC=O)N(C)C. The van der Waals surface area contributed by atoms with Crippen molar-refractivity contribution >= 4 is 6.29 Å². The standard InChI is InChI=1S/C20H41NO2/c1-5-7-9-11-15-19(14-8-6-2)18-23-20(21(3)4)16-12-10-13-17-22/h17,19-20H,5-16,18H2,1-4H3. The molecule has 2 unspecified atom stereocenters. The van der Waals surface area contributed by atoms with Crippen LogP contribution in [-0.2, 0) is 9.53 Å². The van der Waals surface area contributed by atoms with E-state index >= 15 is 0 Å². The van der Waals surface area contributed by atoms with Crippen LogP contribution in [0.2, 0.25) is 0 Å². The van der Waals surface area contributed by atoms with Gasteiger partial charge in [-0.15, -0.1) is 0 Å². The van der Waals surface area contributed by atoms with E-state index in [2.05, 4.69) is 32.8 Å². The van der Waals surface area contributed by atoms with Gasteiger partial charge in [0.1, 0.15) is 12.5 Å². The molecule has 0 spiro atoms. The average Bonchev–Trinajstić information content (AvgIpc) is 2.54. The molecule has 0 amide bonds. The van der Waals surface area contributed by atoms with E-state index in [4.69, 9.17) is 4.74 Å². The highest BCUT2D eigenvalue weighted by atomic mass is 16.5. The summed E-state index contributed by atoms with van der Waals surface area (Å²) in [6.07, 6.45) is 15.5. The summed E-state index contributed by atoms with van der Waals surface area (Å²) in [6.45, 7) is 5.43. The fourth-order valence-corrected chi connectivity index (χ4v) is 2.95. The molecule has 0 aliphatic rings. The summed E-state index contributed by atoms with van der Waals surface area (Å²) in [4.78, 5) is 12.6. The maximum Gasteiger partial charge on any atom is 0.119 e. The molecule has 0 radical (unpaired) electrons. The summed E-state index contributed by atoms with van der Waals surface area (Å²) < 4.78 is 6.24. The lowest BCUT2D eigenvalue weighted by Gasteiger charge is -2.27. The van der Waals surface area contributed by atoms with Crippen molar-refractivity contribution in [3.63, 3.8) is 0 Å². The monoisotopic (exact) mass is 327 g/mol. The molecule has 23 heavy (non-hydrogen) atoms. The molecule has 2 atom stereocenters. The normalized spacial score (nSPS) is 14.1. The zero-order chi connectivity index (χ0) is 17.3. The quantitative estimate of drug-likeness (QED) is 0.203. The molecular weight excluding hydrogens is 286 g/mol. The summed E-state index contributed by atoms with van der Waals surface area (Å²) in [7, 11) is 4.18. The minimum Gasteiger partial charge on any atom is -0.363 e. The van der Waals surface area contributed by atoms with Crippen LogP contribution in [0.25, 0.3) is 0 Å². The summed E-state index contributed by atoms with van der Waals surface area (Å²) in [6, 6.07) is 0. The molecule has 0 bridgehead atoms. The van der Waals surface area contributed by atoms with Gasteiger partial charge >= 0.3 is 0 Å². The lowest BCUT2D eigenvalue weighted by molar-refractivity contribution is -0.108. The molecule has 0 N–H and O–H groups in total. The van der Waals surface area contributed by atoms with Gasteiger partial charge in [-0.05, 0) is 52.1 Å². The van der Waals surface area contributed by atoms with Crippen molar-refractivity contribution in [2.45, 2.75) is 97.1 Å². The smallest absolute Gasteiger partial charge is 0.119 e. The van der Waals surface area contributed by atoms with Gasteiger partial charge in [-0.3, -0.25) is 4.90 Å². The molecule has 3 nitrogen and oxygen atoms in total. The summed E-state index contributed by atoms with van der Waals surface area (Å²) in [5.41, 5.74) is 0. The first kappa shape index (κ1) is 22.6. The Kier molecular flexibility index (Phi) is 16.2. The summed E-state index contributed by atoms with van der Waals surface area (Å²) >= 11 is 0. The average molecular weight is 328 g/mol. The fraction of sp³-hybridized carbons (Fsp3) is 0.950. The second kappa shape index (κ2) is 16.4. The van der Waals surface area contributed by atoms with Crippen molar-refractivity contribution in [2.24, 2.45) is 5.92 Å². The maximum absolute atomic E-state index is 10.4. The maximum atomic E-state index is 10.4. The molecule has 0 fully saturated rings. The zero-order valence-corrected chi connectivity index (χ0v) is 16.2. The lowest BCUT2D eigenvalue weighted by atomic mass is 9.96. The minimum atomic E-state index is 0.196. The van der Waals surface area contributed by atoms with E-state index in [0.717, 1.165) is 32.2 Å². The highest BCUT2D eigenvalue weighted by molar-refractivity contribution is 5.48. The van der Waals surface area contributed by atoms with Gasteiger partial charge in [-0.2, -0.15) is 0 Å². The van der Waals surface area contributed by atoms with Crippen LogP contribution in [0, 0.1) is 5.92 Å². The first-order valence-corrected chi connectivity index (χ1v) is 9.87. The molecular formula is C20H41NO2. The van der Waals surface area contributed by atoms with Crippen LogP contribution in [0.1, 0.15) is 90.9 Å². The molecule has 0 aliphatic carbocycles. The fourth-order valence-electron chi connectivity index (χ4n) is 2.95. The van der Waals surface area contributed by atoms with Gasteiger partial charge in [0.25, 0.3) is 0 Å². The number of hydrogen-bond donors (Lipinski definition) is 0. The van der Waals surface area contributed by atoms with Crippen LogP contribution in [-0.4, -0.2) is 38.1 Å². The van der Waals surface area contributed by atoms with Crippen LogP contribution in [0.3, 0.4) is 0 Å². The summed E-state index contributed by atoms with van der Waals surface area (Å²) in [5, 5.41) is 0. The van der Waals surface area contributed by atoms with Crippen molar-refractivity contribution in [3.05, 3.63) is 0 Å². The van der Waals surface area contributed by atoms with Gasteiger partial charge < -0.3 is 9.53 Å². The zero-order valence-electron chi connectivity index (χ0n) is 16.2. The van der Waals surface area contributed by atoms with Gasteiger partial charge in [0.2, 0.25) is 0 Å². The number of carbonyl (C=O) groups is 1. The first-order chi connectivity index (χ1) is 11.2. The van der Waals surface area contributed by atoms with Crippen LogP contribution >= 0.6 is 0 Å².